The van der Waals surface area contributed by atoms with Crippen molar-refractivity contribution in [2.45, 2.75) is 6.92 Å². The van der Waals surface area contributed by atoms with Crippen molar-refractivity contribution in [1.82, 2.24) is 5.32 Å². The molecule has 0 saturated heterocycles. The summed E-state index contributed by atoms with van der Waals surface area (Å²) in [4.78, 5) is 20.1. The summed E-state index contributed by atoms with van der Waals surface area (Å²) in [5.41, 5.74) is 0.394. The van der Waals surface area contributed by atoms with Gasteiger partial charge < -0.3 is 5.32 Å². The Balaban J connectivity index is 3.51. The zero-order valence-corrected chi connectivity index (χ0v) is 5.23. The second-order valence-corrected chi connectivity index (χ2v) is 1.61. The Morgan fingerprint density at radius 2 is 2.33 bits per heavy atom. The topological polar surface area (TPSA) is 46.2 Å². The normalized spacial score (nSPS) is 8.11. The van der Waals surface area contributed by atoms with Crippen LogP contribution in [0.1, 0.15) is 6.92 Å². The van der Waals surface area contributed by atoms with Gasteiger partial charge in [-0.25, -0.2) is 0 Å². The van der Waals surface area contributed by atoms with E-state index in [-0.39, 0.29) is 12.5 Å². The monoisotopic (exact) mass is 126 g/mol. The lowest BCUT2D eigenvalue weighted by molar-refractivity contribution is -0.117. The highest BCUT2D eigenvalue weighted by molar-refractivity contribution is 5.93. The van der Waals surface area contributed by atoms with Crippen LogP contribution in [0.2, 0.25) is 0 Å². The summed E-state index contributed by atoms with van der Waals surface area (Å²) >= 11 is 0. The molecular weight excluding hydrogens is 118 g/mol. The average molecular weight is 126 g/mol. The number of carbonyl (C=O) groups is 1. The van der Waals surface area contributed by atoms with Crippen LogP contribution in [-0.2, 0) is 9.59 Å². The van der Waals surface area contributed by atoms with Gasteiger partial charge in [0.1, 0.15) is 0 Å². The fourth-order valence-electron chi connectivity index (χ4n) is 0.267. The van der Waals surface area contributed by atoms with Crippen LogP contribution in [0.5, 0.6) is 0 Å². The molecule has 1 N–H and O–H groups in total. The predicted molar refractivity (Wildman–Crippen MR) is 33.5 cm³/mol. The predicted octanol–water partition coefficient (Wildman–Crippen LogP) is -0.212. The largest absolute Gasteiger partial charge is 0.345 e. The maximum Gasteiger partial charge on any atom is 0.246 e. The molecule has 0 aliphatic carbocycles. The molecule has 9 heavy (non-hydrogen) atoms. The second-order valence-electron chi connectivity index (χ2n) is 1.61. The van der Waals surface area contributed by atoms with Crippen LogP contribution < -0.4 is 5.32 Å². The van der Waals surface area contributed by atoms with Gasteiger partial charge in [0, 0.05) is 5.57 Å². The van der Waals surface area contributed by atoms with Crippen LogP contribution in [0.4, 0.5) is 0 Å². The summed E-state index contributed by atoms with van der Waals surface area (Å²) < 4.78 is 0. The summed E-state index contributed by atoms with van der Waals surface area (Å²) in [5, 5.41) is 2.27. The molecule has 0 aromatic carbocycles. The van der Waals surface area contributed by atoms with E-state index in [1.807, 2.05) is 0 Å². The Morgan fingerprint density at radius 1 is 1.78 bits per heavy atom. The van der Waals surface area contributed by atoms with E-state index in [9.17, 15) is 9.59 Å². The van der Waals surface area contributed by atoms with Crippen molar-refractivity contribution < 1.29 is 9.59 Å². The van der Waals surface area contributed by atoms with Gasteiger partial charge >= 0.3 is 0 Å². The van der Waals surface area contributed by atoms with Gasteiger partial charge in [0.15, 0.2) is 0 Å². The van der Waals surface area contributed by atoms with Crippen molar-refractivity contribution in [3.05, 3.63) is 12.2 Å². The van der Waals surface area contributed by atoms with Gasteiger partial charge in [-0.2, -0.15) is 0 Å². The van der Waals surface area contributed by atoms with Crippen LogP contribution >= 0.6 is 0 Å². The fraction of sp³-hybridized carbons (Fsp3) is 0.333. The Kier molecular flexibility index (Phi) is 3.35. The first-order chi connectivity index (χ1) is 4.18. The molecule has 0 rings (SSSR count). The summed E-state index contributed by atoms with van der Waals surface area (Å²) in [6, 6.07) is 0. The summed E-state index contributed by atoms with van der Waals surface area (Å²) in [6.45, 7) is 4.87. The number of carbonyl (C=O) groups excluding carboxylic acids is 2. The summed E-state index contributed by atoms with van der Waals surface area (Å²) in [5.74, 6) is -0.307. The molecule has 1 amide bonds. The Labute approximate surface area is 53.7 Å². The number of nitrogens with one attached hydrogen (secondary N) is 1. The van der Waals surface area contributed by atoms with Crippen molar-refractivity contribution in [2.75, 3.05) is 6.54 Å². The van der Waals surface area contributed by atoms with Crippen molar-refractivity contribution >= 4 is 12.2 Å². The van der Waals surface area contributed by atoms with Gasteiger partial charge in [-0.3, -0.25) is 9.59 Å². The molecular formula is C6H8NO2. The SMILES string of the molecule is C=C(C)C(=O)NC[C]=O. The minimum Gasteiger partial charge on any atom is -0.345 e. The Morgan fingerprint density at radius 3 is 2.67 bits per heavy atom. The lowest BCUT2D eigenvalue weighted by Crippen LogP contribution is -2.25. The molecule has 3 nitrogen and oxygen atoms in total. The maximum absolute atomic E-state index is 10.5. The van der Waals surface area contributed by atoms with E-state index in [0.29, 0.717) is 5.57 Å². The average Bonchev–Trinajstić information content (AvgIpc) is 1.82. The number of rotatable bonds is 3. The first-order valence-corrected chi connectivity index (χ1v) is 2.47. The highest BCUT2D eigenvalue weighted by Gasteiger charge is 1.97. The van der Waals surface area contributed by atoms with Crippen LogP contribution in [0.25, 0.3) is 0 Å². The molecule has 0 heterocycles. The zero-order chi connectivity index (χ0) is 7.28. The molecule has 0 bridgehead atoms. The van der Waals surface area contributed by atoms with E-state index in [4.69, 9.17) is 0 Å². The Bertz CT molecular complexity index is 140. The first-order valence-electron chi connectivity index (χ1n) is 2.47. The minimum absolute atomic E-state index is 0.0638. The third-order valence-electron chi connectivity index (χ3n) is 0.709. The van der Waals surface area contributed by atoms with E-state index in [0.717, 1.165) is 0 Å². The number of hydrogen-bond donors (Lipinski definition) is 1. The molecule has 0 spiro atoms. The van der Waals surface area contributed by atoms with Gasteiger partial charge in [-0.05, 0) is 6.92 Å². The van der Waals surface area contributed by atoms with Gasteiger partial charge in [0.2, 0.25) is 12.2 Å². The third-order valence-corrected chi connectivity index (χ3v) is 0.709. The molecule has 0 atom stereocenters. The van der Waals surface area contributed by atoms with E-state index in [2.05, 4.69) is 11.9 Å². The molecule has 0 saturated carbocycles. The van der Waals surface area contributed by atoms with Gasteiger partial charge in [-0.1, -0.05) is 6.58 Å². The van der Waals surface area contributed by atoms with Crippen LogP contribution in [0, 0.1) is 0 Å². The molecule has 0 fully saturated rings. The van der Waals surface area contributed by atoms with E-state index in [1.165, 1.54) is 6.29 Å². The maximum atomic E-state index is 10.5. The van der Waals surface area contributed by atoms with Crippen molar-refractivity contribution in [2.24, 2.45) is 0 Å². The molecule has 0 aliphatic rings. The standard InChI is InChI=1S/C6H8NO2/c1-5(2)6(9)7-3-4-8/h1,3H2,2H3,(H,7,9). The highest BCUT2D eigenvalue weighted by Crippen LogP contribution is 1.82. The van der Waals surface area contributed by atoms with Gasteiger partial charge in [0.05, 0.1) is 6.54 Å². The fourth-order valence-corrected chi connectivity index (χ4v) is 0.267. The molecule has 49 valence electrons. The Hall–Kier alpha value is -1.12. The molecule has 3 heteroatoms. The van der Waals surface area contributed by atoms with Crippen LogP contribution in [-0.4, -0.2) is 18.7 Å². The summed E-state index contributed by atoms with van der Waals surface area (Å²) in [6.07, 6.45) is 1.53. The quantitative estimate of drug-likeness (QED) is 0.532. The smallest absolute Gasteiger partial charge is 0.246 e. The number of hydrogen-bond acceptors (Lipinski definition) is 2. The van der Waals surface area contributed by atoms with Crippen LogP contribution in [0.15, 0.2) is 12.2 Å². The second kappa shape index (κ2) is 3.83. The first kappa shape index (κ1) is 7.88. The van der Waals surface area contributed by atoms with Crippen molar-refractivity contribution in [1.29, 1.82) is 0 Å². The minimum atomic E-state index is -0.307. The third kappa shape index (κ3) is 3.46. The van der Waals surface area contributed by atoms with Crippen molar-refractivity contribution in [3.8, 4) is 0 Å². The van der Waals surface area contributed by atoms with Gasteiger partial charge in [-0.15, -0.1) is 0 Å². The lowest BCUT2D eigenvalue weighted by atomic mass is 10.3. The molecule has 1 radical (unpaired) electrons. The number of amides is 1. The van der Waals surface area contributed by atoms with Gasteiger partial charge in [0.25, 0.3) is 0 Å². The van der Waals surface area contributed by atoms with Crippen molar-refractivity contribution in [3.63, 3.8) is 0 Å². The lowest BCUT2D eigenvalue weighted by Gasteiger charge is -1.96. The van der Waals surface area contributed by atoms with Crippen LogP contribution in [0.3, 0.4) is 0 Å². The zero-order valence-electron chi connectivity index (χ0n) is 5.23. The van der Waals surface area contributed by atoms with E-state index in [1.54, 1.807) is 6.92 Å². The van der Waals surface area contributed by atoms with E-state index >= 15 is 0 Å². The van der Waals surface area contributed by atoms with E-state index < -0.39 is 0 Å². The molecule has 0 aliphatic heterocycles. The summed E-state index contributed by atoms with van der Waals surface area (Å²) in [7, 11) is 0. The molecule has 0 aromatic heterocycles. The highest BCUT2D eigenvalue weighted by atomic mass is 16.2. The molecule has 0 aromatic rings. The molecule has 0 unspecified atom stereocenters.